The maximum absolute atomic E-state index is 13.5. The molecule has 0 saturated carbocycles. The highest BCUT2D eigenvalue weighted by molar-refractivity contribution is 6.15. The van der Waals surface area contributed by atoms with Crippen LogP contribution in [0.4, 0.5) is 4.39 Å². The van der Waals surface area contributed by atoms with Crippen molar-refractivity contribution in [1.29, 1.82) is 0 Å². The van der Waals surface area contributed by atoms with Crippen LogP contribution in [0.15, 0.2) is 65.6 Å². The van der Waals surface area contributed by atoms with E-state index >= 15 is 0 Å². The van der Waals surface area contributed by atoms with Crippen molar-refractivity contribution in [3.05, 3.63) is 83.2 Å². The van der Waals surface area contributed by atoms with Crippen LogP contribution in [0, 0.1) is 12.7 Å². The van der Waals surface area contributed by atoms with E-state index in [4.69, 9.17) is 4.74 Å². The second-order valence-corrected chi connectivity index (χ2v) is 8.60. The number of carbonyl (C=O) groups is 1. The highest BCUT2D eigenvalue weighted by Crippen LogP contribution is 2.40. The van der Waals surface area contributed by atoms with Crippen LogP contribution >= 0.6 is 0 Å². The van der Waals surface area contributed by atoms with Crippen molar-refractivity contribution in [2.75, 3.05) is 13.7 Å². The smallest absolute Gasteiger partial charge is 0.277 e. The standard InChI is InChI=1S/C26H25FN4O2/c1-17-15-30(16-28-17)22-11-6-18(14-23(22)33-3)13-19-5-4-12-31-24(19)29-25(32)26(31,2)20-7-9-21(27)10-8-20/h6-11,13-16H,4-5,12H2,1-3H3/b19-13+. The molecular weight excluding hydrogens is 419 g/mol. The molecule has 33 heavy (non-hydrogen) atoms. The Hall–Kier alpha value is -3.74. The molecule has 0 bridgehead atoms. The highest BCUT2D eigenvalue weighted by atomic mass is 19.1. The molecule has 1 fully saturated rings. The SMILES string of the molecule is COc1cc(/C=C2\CCCN3C2=NC(=O)C3(C)c2ccc(F)cc2)ccc1-n1cnc(C)c1. The summed E-state index contributed by atoms with van der Waals surface area (Å²) < 4.78 is 21.1. The number of fused-ring (bicyclic) bond motifs is 1. The van der Waals surface area contributed by atoms with Gasteiger partial charge in [0.15, 0.2) is 0 Å². The summed E-state index contributed by atoms with van der Waals surface area (Å²) in [7, 11) is 1.65. The van der Waals surface area contributed by atoms with Gasteiger partial charge in [0.05, 0.1) is 24.8 Å². The molecule has 6 nitrogen and oxygen atoms in total. The average molecular weight is 445 g/mol. The molecule has 0 aliphatic carbocycles. The number of methoxy groups -OCH3 is 1. The van der Waals surface area contributed by atoms with Gasteiger partial charge < -0.3 is 14.2 Å². The van der Waals surface area contributed by atoms with Crippen LogP contribution in [0.5, 0.6) is 5.75 Å². The van der Waals surface area contributed by atoms with Crippen molar-refractivity contribution in [2.24, 2.45) is 4.99 Å². The van der Waals surface area contributed by atoms with Crippen molar-refractivity contribution in [3.63, 3.8) is 0 Å². The van der Waals surface area contributed by atoms with Gasteiger partial charge in [-0.1, -0.05) is 18.2 Å². The van der Waals surface area contributed by atoms with Gasteiger partial charge in [-0.15, -0.1) is 0 Å². The molecule has 7 heteroatoms. The number of nitrogens with zero attached hydrogens (tertiary/aromatic N) is 4. The predicted molar refractivity (Wildman–Crippen MR) is 125 cm³/mol. The van der Waals surface area contributed by atoms with Crippen molar-refractivity contribution in [3.8, 4) is 11.4 Å². The van der Waals surface area contributed by atoms with Gasteiger partial charge in [-0.2, -0.15) is 4.99 Å². The third-order valence-electron chi connectivity index (χ3n) is 6.48. The van der Waals surface area contributed by atoms with Gasteiger partial charge in [0.2, 0.25) is 0 Å². The molecule has 2 aliphatic heterocycles. The number of hydrogen-bond acceptors (Lipinski definition) is 4. The molecule has 5 rings (SSSR count). The Morgan fingerprint density at radius 2 is 1.97 bits per heavy atom. The molecule has 1 saturated heterocycles. The van der Waals surface area contributed by atoms with Crippen LogP contribution in [-0.4, -0.2) is 39.8 Å². The summed E-state index contributed by atoms with van der Waals surface area (Å²) >= 11 is 0. The van der Waals surface area contributed by atoms with Crippen LogP contribution in [0.1, 0.15) is 36.6 Å². The molecule has 168 valence electrons. The fraction of sp³-hybridized carbons (Fsp3) is 0.269. The zero-order valence-electron chi connectivity index (χ0n) is 18.9. The van der Waals surface area contributed by atoms with Crippen LogP contribution < -0.4 is 4.74 Å². The molecule has 1 amide bonds. The number of hydrogen-bond donors (Lipinski definition) is 0. The third kappa shape index (κ3) is 3.53. The van der Waals surface area contributed by atoms with E-state index in [0.29, 0.717) is 5.84 Å². The number of ether oxygens (including phenoxy) is 1. The normalized spacial score (nSPS) is 21.3. The number of amides is 1. The number of piperidine rings is 1. The summed E-state index contributed by atoms with van der Waals surface area (Å²) in [4.78, 5) is 23.9. The molecular formula is C26H25FN4O2. The molecule has 0 radical (unpaired) electrons. The van der Waals surface area contributed by atoms with Crippen LogP contribution in [-0.2, 0) is 10.3 Å². The van der Waals surface area contributed by atoms with E-state index in [2.05, 4.69) is 21.0 Å². The lowest BCUT2D eigenvalue weighted by Crippen LogP contribution is -2.49. The Bertz CT molecular complexity index is 1290. The minimum atomic E-state index is -0.927. The maximum Gasteiger partial charge on any atom is 0.277 e. The number of rotatable bonds is 4. The van der Waals surface area contributed by atoms with E-state index in [1.54, 1.807) is 25.6 Å². The summed E-state index contributed by atoms with van der Waals surface area (Å²) in [5, 5.41) is 0. The molecule has 3 aromatic rings. The minimum absolute atomic E-state index is 0.222. The van der Waals surface area contributed by atoms with E-state index in [0.717, 1.165) is 53.2 Å². The van der Waals surface area contributed by atoms with E-state index in [-0.39, 0.29) is 11.7 Å². The van der Waals surface area contributed by atoms with Gasteiger partial charge in [0.25, 0.3) is 5.91 Å². The zero-order valence-corrected chi connectivity index (χ0v) is 18.9. The number of halogens is 1. The summed E-state index contributed by atoms with van der Waals surface area (Å²) in [5.74, 6) is 0.887. The van der Waals surface area contributed by atoms with Gasteiger partial charge >= 0.3 is 0 Å². The monoisotopic (exact) mass is 444 g/mol. The predicted octanol–water partition coefficient (Wildman–Crippen LogP) is 4.66. The quantitative estimate of drug-likeness (QED) is 0.587. The first-order valence-corrected chi connectivity index (χ1v) is 11.0. The number of amidine groups is 1. The Kier molecular flexibility index (Phi) is 5.12. The fourth-order valence-electron chi connectivity index (χ4n) is 4.65. The topological polar surface area (TPSA) is 59.7 Å². The molecule has 2 aliphatic rings. The summed E-state index contributed by atoms with van der Waals surface area (Å²) in [6.07, 6.45) is 7.51. The van der Waals surface area contributed by atoms with E-state index < -0.39 is 5.54 Å². The second kappa shape index (κ2) is 7.99. The lowest BCUT2D eigenvalue weighted by molar-refractivity contribution is -0.125. The second-order valence-electron chi connectivity index (χ2n) is 8.60. The van der Waals surface area contributed by atoms with Gasteiger partial charge in [0, 0.05) is 12.7 Å². The number of aryl methyl sites for hydroxylation is 1. The largest absolute Gasteiger partial charge is 0.495 e. The summed E-state index contributed by atoms with van der Waals surface area (Å²) in [6.45, 7) is 4.53. The van der Waals surface area contributed by atoms with Crippen molar-refractivity contribution in [1.82, 2.24) is 14.5 Å². The molecule has 1 atom stereocenters. The minimum Gasteiger partial charge on any atom is -0.495 e. The van der Waals surface area contributed by atoms with Crippen molar-refractivity contribution in [2.45, 2.75) is 32.2 Å². The molecule has 2 aromatic carbocycles. The Labute approximate surface area is 192 Å². The Morgan fingerprint density at radius 1 is 1.18 bits per heavy atom. The van der Waals surface area contributed by atoms with Gasteiger partial charge in [-0.25, -0.2) is 9.37 Å². The van der Waals surface area contributed by atoms with E-state index in [9.17, 15) is 9.18 Å². The first-order valence-electron chi connectivity index (χ1n) is 11.0. The van der Waals surface area contributed by atoms with Crippen LogP contribution in [0.3, 0.4) is 0 Å². The molecule has 1 aromatic heterocycles. The Morgan fingerprint density at radius 3 is 2.67 bits per heavy atom. The first kappa shape index (κ1) is 21.1. The maximum atomic E-state index is 13.5. The van der Waals surface area contributed by atoms with Gasteiger partial charge in [0.1, 0.15) is 22.9 Å². The lowest BCUT2D eigenvalue weighted by Gasteiger charge is -2.39. The van der Waals surface area contributed by atoms with E-state index in [1.807, 2.05) is 42.8 Å². The number of carbonyl (C=O) groups excluding carboxylic acids is 1. The molecule has 3 heterocycles. The molecule has 0 spiro atoms. The van der Waals surface area contributed by atoms with Crippen molar-refractivity contribution >= 4 is 17.8 Å². The summed E-state index contributed by atoms with van der Waals surface area (Å²) in [6, 6.07) is 12.1. The third-order valence-corrected chi connectivity index (χ3v) is 6.48. The number of benzene rings is 2. The molecule has 0 N–H and O–H groups in total. The highest BCUT2D eigenvalue weighted by Gasteiger charge is 2.49. The fourth-order valence-corrected chi connectivity index (χ4v) is 4.65. The number of imidazole rings is 1. The summed E-state index contributed by atoms with van der Waals surface area (Å²) in [5.41, 5.74) is 3.63. The Balaban J connectivity index is 1.49. The zero-order chi connectivity index (χ0) is 23.2. The number of aromatic nitrogens is 2. The first-order chi connectivity index (χ1) is 15.9. The van der Waals surface area contributed by atoms with Gasteiger partial charge in [-0.05, 0) is 73.7 Å². The van der Waals surface area contributed by atoms with Crippen LogP contribution in [0.25, 0.3) is 11.8 Å². The lowest BCUT2D eigenvalue weighted by atomic mass is 9.88. The average Bonchev–Trinajstić information content (AvgIpc) is 3.36. The number of aliphatic imine (C=N–C) groups is 1. The van der Waals surface area contributed by atoms with Crippen molar-refractivity contribution < 1.29 is 13.9 Å². The van der Waals surface area contributed by atoms with Gasteiger partial charge in [-0.3, -0.25) is 4.79 Å². The van der Waals surface area contributed by atoms with E-state index in [1.165, 1.54) is 12.1 Å². The molecule has 1 unspecified atom stereocenters. The van der Waals surface area contributed by atoms with Crippen LogP contribution in [0.2, 0.25) is 0 Å².